The lowest BCUT2D eigenvalue weighted by Gasteiger charge is -2.25. The van der Waals surface area contributed by atoms with Crippen molar-refractivity contribution in [3.8, 4) is 0 Å². The number of rotatable bonds is 8. The summed E-state index contributed by atoms with van der Waals surface area (Å²) >= 11 is 0. The van der Waals surface area contributed by atoms with E-state index in [4.69, 9.17) is 9.84 Å². The molecule has 0 aromatic heterocycles. The highest BCUT2D eigenvalue weighted by Crippen LogP contribution is 2.10. The highest BCUT2D eigenvalue weighted by atomic mass is 16.5. The third-order valence-electron chi connectivity index (χ3n) is 2.15. The van der Waals surface area contributed by atoms with Crippen molar-refractivity contribution in [1.82, 2.24) is 10.6 Å². The summed E-state index contributed by atoms with van der Waals surface area (Å²) in [5, 5.41) is 13.9. The van der Waals surface area contributed by atoms with Gasteiger partial charge < -0.3 is 20.5 Å². The Balaban J connectivity index is 3.80. The summed E-state index contributed by atoms with van der Waals surface area (Å²) in [6, 6.07) is -0.305. The molecule has 0 bridgehead atoms. The molecular weight excluding hydrogens is 224 g/mol. The van der Waals surface area contributed by atoms with Gasteiger partial charge in [0.15, 0.2) is 0 Å². The van der Waals surface area contributed by atoms with Gasteiger partial charge in [0.1, 0.15) is 0 Å². The minimum Gasteiger partial charge on any atom is -0.481 e. The van der Waals surface area contributed by atoms with Gasteiger partial charge in [-0.05, 0) is 27.2 Å². The van der Waals surface area contributed by atoms with Gasteiger partial charge in [0.05, 0.1) is 6.61 Å². The second kappa shape index (κ2) is 7.89. The molecule has 6 heteroatoms. The molecule has 0 heterocycles. The van der Waals surface area contributed by atoms with Crippen LogP contribution in [0, 0.1) is 0 Å². The largest absolute Gasteiger partial charge is 0.481 e. The van der Waals surface area contributed by atoms with Crippen LogP contribution >= 0.6 is 0 Å². The third-order valence-corrected chi connectivity index (χ3v) is 2.15. The van der Waals surface area contributed by atoms with Gasteiger partial charge in [0, 0.05) is 25.1 Å². The van der Waals surface area contributed by atoms with E-state index in [-0.39, 0.29) is 12.5 Å². The Kier molecular flexibility index (Phi) is 7.29. The van der Waals surface area contributed by atoms with Crippen molar-refractivity contribution >= 4 is 12.0 Å². The fourth-order valence-corrected chi connectivity index (χ4v) is 1.21. The van der Waals surface area contributed by atoms with Gasteiger partial charge in [-0.1, -0.05) is 0 Å². The van der Waals surface area contributed by atoms with Crippen LogP contribution in [-0.4, -0.2) is 42.4 Å². The van der Waals surface area contributed by atoms with Crippen LogP contribution < -0.4 is 10.6 Å². The molecule has 0 saturated heterocycles. The van der Waals surface area contributed by atoms with Gasteiger partial charge in [-0.15, -0.1) is 0 Å². The van der Waals surface area contributed by atoms with Gasteiger partial charge in [-0.25, -0.2) is 4.79 Å². The summed E-state index contributed by atoms with van der Waals surface area (Å²) in [5.41, 5.74) is -0.534. The van der Waals surface area contributed by atoms with E-state index in [1.165, 1.54) is 0 Å². The lowest BCUT2D eigenvalue weighted by Crippen LogP contribution is -2.49. The number of carbonyl (C=O) groups excluding carboxylic acids is 1. The predicted molar refractivity (Wildman–Crippen MR) is 64.0 cm³/mol. The predicted octanol–water partition coefficient (Wildman–Crippen LogP) is 0.965. The maximum atomic E-state index is 11.4. The summed E-state index contributed by atoms with van der Waals surface area (Å²) < 4.78 is 5.07. The first kappa shape index (κ1) is 15.7. The average molecular weight is 246 g/mol. The number of carbonyl (C=O) groups is 2. The van der Waals surface area contributed by atoms with Crippen LogP contribution in [0.2, 0.25) is 0 Å². The molecule has 0 aromatic rings. The first-order valence-corrected chi connectivity index (χ1v) is 5.73. The number of ether oxygens (including phenoxy) is 1. The fourth-order valence-electron chi connectivity index (χ4n) is 1.21. The first-order chi connectivity index (χ1) is 7.87. The Bertz CT molecular complexity index is 254. The molecule has 0 saturated carbocycles. The molecule has 0 rings (SSSR count). The number of hydrogen-bond donors (Lipinski definition) is 3. The summed E-state index contributed by atoms with van der Waals surface area (Å²) in [5.74, 6) is -0.864. The SMILES string of the molecule is CCOCCNC(=O)NC(C)(C)CCC(=O)O. The maximum absolute atomic E-state index is 11.4. The zero-order valence-electron chi connectivity index (χ0n) is 10.7. The lowest BCUT2D eigenvalue weighted by atomic mass is 9.99. The highest BCUT2D eigenvalue weighted by molar-refractivity contribution is 5.74. The van der Waals surface area contributed by atoms with Crippen LogP contribution in [0.15, 0.2) is 0 Å². The van der Waals surface area contributed by atoms with E-state index in [1.807, 2.05) is 6.92 Å². The average Bonchev–Trinajstić information content (AvgIpc) is 2.21. The maximum Gasteiger partial charge on any atom is 0.315 e. The lowest BCUT2D eigenvalue weighted by molar-refractivity contribution is -0.137. The fraction of sp³-hybridized carbons (Fsp3) is 0.818. The monoisotopic (exact) mass is 246 g/mol. The zero-order chi connectivity index (χ0) is 13.3. The van der Waals surface area contributed by atoms with Crippen molar-refractivity contribution in [3.63, 3.8) is 0 Å². The van der Waals surface area contributed by atoms with E-state index < -0.39 is 11.5 Å². The quantitative estimate of drug-likeness (QED) is 0.557. The van der Waals surface area contributed by atoms with Crippen molar-refractivity contribution in [1.29, 1.82) is 0 Å². The van der Waals surface area contributed by atoms with Gasteiger partial charge in [-0.3, -0.25) is 4.79 Å². The number of amides is 2. The Morgan fingerprint density at radius 3 is 2.53 bits per heavy atom. The van der Waals surface area contributed by atoms with Crippen LogP contribution in [-0.2, 0) is 9.53 Å². The molecule has 17 heavy (non-hydrogen) atoms. The Morgan fingerprint density at radius 2 is 2.00 bits per heavy atom. The van der Waals surface area contributed by atoms with Crippen molar-refractivity contribution < 1.29 is 19.4 Å². The zero-order valence-corrected chi connectivity index (χ0v) is 10.7. The number of hydrogen-bond acceptors (Lipinski definition) is 3. The number of aliphatic carboxylic acids is 1. The molecular formula is C11H22N2O4. The topological polar surface area (TPSA) is 87.7 Å². The molecule has 6 nitrogen and oxygen atoms in total. The van der Waals surface area contributed by atoms with Crippen LogP contribution in [0.1, 0.15) is 33.6 Å². The molecule has 0 unspecified atom stereocenters. The van der Waals surface area contributed by atoms with Crippen molar-refractivity contribution in [2.24, 2.45) is 0 Å². The summed E-state index contributed by atoms with van der Waals surface area (Å²) in [6.07, 6.45) is 0.424. The minimum atomic E-state index is -0.864. The van der Waals surface area contributed by atoms with Crippen LogP contribution in [0.5, 0.6) is 0 Å². The molecule has 2 amide bonds. The molecule has 0 aliphatic heterocycles. The first-order valence-electron chi connectivity index (χ1n) is 5.73. The molecule has 0 spiro atoms. The summed E-state index contributed by atoms with van der Waals surface area (Å²) in [7, 11) is 0. The van der Waals surface area contributed by atoms with Crippen molar-refractivity contribution in [2.75, 3.05) is 19.8 Å². The van der Waals surface area contributed by atoms with Gasteiger partial charge in [-0.2, -0.15) is 0 Å². The molecule has 0 radical (unpaired) electrons. The molecule has 0 aliphatic carbocycles. The molecule has 0 atom stereocenters. The second-order valence-corrected chi connectivity index (χ2v) is 4.36. The number of urea groups is 1. The standard InChI is InChI=1S/C11H22N2O4/c1-4-17-8-7-12-10(16)13-11(2,3)6-5-9(14)15/h4-8H2,1-3H3,(H,14,15)(H2,12,13,16). The molecule has 3 N–H and O–H groups in total. The van der Waals surface area contributed by atoms with E-state index in [0.717, 1.165) is 0 Å². The molecule has 0 fully saturated rings. The van der Waals surface area contributed by atoms with Gasteiger partial charge in [0.25, 0.3) is 0 Å². The molecule has 0 aliphatic rings. The van der Waals surface area contributed by atoms with Gasteiger partial charge in [0.2, 0.25) is 0 Å². The Labute approximate surface area is 102 Å². The number of carboxylic acid groups (broad SMARTS) is 1. The van der Waals surface area contributed by atoms with E-state index in [2.05, 4.69) is 10.6 Å². The minimum absolute atomic E-state index is 0.0340. The second-order valence-electron chi connectivity index (χ2n) is 4.36. The van der Waals surface area contributed by atoms with E-state index in [0.29, 0.717) is 26.2 Å². The third kappa shape index (κ3) is 9.62. The number of nitrogens with one attached hydrogen (secondary N) is 2. The van der Waals surface area contributed by atoms with Crippen molar-refractivity contribution in [3.05, 3.63) is 0 Å². The highest BCUT2D eigenvalue weighted by Gasteiger charge is 2.21. The molecule has 0 aromatic carbocycles. The van der Waals surface area contributed by atoms with Crippen LogP contribution in [0.25, 0.3) is 0 Å². The van der Waals surface area contributed by atoms with E-state index in [1.54, 1.807) is 13.8 Å². The Hall–Kier alpha value is -1.30. The van der Waals surface area contributed by atoms with Crippen molar-refractivity contribution in [2.45, 2.75) is 39.2 Å². The van der Waals surface area contributed by atoms with Gasteiger partial charge >= 0.3 is 12.0 Å². The smallest absolute Gasteiger partial charge is 0.315 e. The normalized spacial score (nSPS) is 11.0. The van der Waals surface area contributed by atoms with Crippen LogP contribution in [0.4, 0.5) is 4.79 Å². The Morgan fingerprint density at radius 1 is 1.35 bits per heavy atom. The van der Waals surface area contributed by atoms with E-state index in [9.17, 15) is 9.59 Å². The molecule has 100 valence electrons. The number of carboxylic acids is 1. The van der Waals surface area contributed by atoms with E-state index >= 15 is 0 Å². The summed E-state index contributed by atoms with van der Waals surface area (Å²) in [6.45, 7) is 6.99. The summed E-state index contributed by atoms with van der Waals surface area (Å²) in [4.78, 5) is 21.9. The van der Waals surface area contributed by atoms with Crippen LogP contribution in [0.3, 0.4) is 0 Å².